The summed E-state index contributed by atoms with van der Waals surface area (Å²) in [6.07, 6.45) is 7.13. The van der Waals surface area contributed by atoms with Crippen LogP contribution in [0.2, 0.25) is 0 Å². The third-order valence-corrected chi connectivity index (χ3v) is 3.20. The van der Waals surface area contributed by atoms with Crippen molar-refractivity contribution >= 4 is 16.9 Å². The summed E-state index contributed by atoms with van der Waals surface area (Å²) in [6, 6.07) is 3.48. The molecule has 0 aliphatic rings. The van der Waals surface area contributed by atoms with Gasteiger partial charge < -0.3 is 9.88 Å². The molecule has 2 aromatic heterocycles. The molecule has 0 atom stereocenters. The molecule has 0 aliphatic heterocycles. The number of aromatic nitrogens is 2. The highest BCUT2D eigenvalue weighted by Gasteiger charge is 2.15. The first-order valence-corrected chi connectivity index (χ1v) is 6.81. The third-order valence-electron chi connectivity index (χ3n) is 3.20. The molecule has 1 amide bonds. The molecule has 5 heteroatoms. The first-order chi connectivity index (χ1) is 10.1. The van der Waals surface area contributed by atoms with Crippen LogP contribution in [0, 0.1) is 19.3 Å². The Balaban J connectivity index is 2.54. The van der Waals surface area contributed by atoms with E-state index in [-0.39, 0.29) is 11.0 Å². The van der Waals surface area contributed by atoms with Crippen molar-refractivity contribution in [3.63, 3.8) is 0 Å². The second kappa shape index (κ2) is 6.23. The normalized spacial score (nSPS) is 10.3. The standard InChI is InChI=1S/C16H17N3O2/c1-4-6-9-17-16(21)13-10-19(5-2)15-12(14(13)20)8-7-11(3)18-15/h1,7-8,10H,5-6,9H2,2-3H3,(H,17,21). The van der Waals surface area contributed by atoms with Gasteiger partial charge in [0.15, 0.2) is 0 Å². The predicted molar refractivity (Wildman–Crippen MR) is 82.2 cm³/mol. The Kier molecular flexibility index (Phi) is 4.39. The zero-order chi connectivity index (χ0) is 15.4. The van der Waals surface area contributed by atoms with E-state index < -0.39 is 5.91 Å². The summed E-state index contributed by atoms with van der Waals surface area (Å²) in [5.41, 5.74) is 1.24. The highest BCUT2D eigenvalue weighted by molar-refractivity contribution is 5.96. The lowest BCUT2D eigenvalue weighted by Gasteiger charge is -2.11. The first kappa shape index (κ1) is 14.8. The van der Waals surface area contributed by atoms with Gasteiger partial charge in [0, 0.05) is 31.4 Å². The molecule has 2 heterocycles. The Bertz CT molecular complexity index is 784. The summed E-state index contributed by atoms with van der Waals surface area (Å²) in [4.78, 5) is 28.9. The number of pyridine rings is 2. The molecule has 21 heavy (non-hydrogen) atoms. The van der Waals surface area contributed by atoms with Crippen molar-refractivity contribution in [3.8, 4) is 12.3 Å². The molecule has 0 saturated heterocycles. The van der Waals surface area contributed by atoms with Crippen LogP contribution in [0.5, 0.6) is 0 Å². The zero-order valence-electron chi connectivity index (χ0n) is 12.1. The van der Waals surface area contributed by atoms with Crippen LogP contribution >= 0.6 is 0 Å². The van der Waals surface area contributed by atoms with Gasteiger partial charge in [0.2, 0.25) is 5.43 Å². The van der Waals surface area contributed by atoms with Crippen LogP contribution in [-0.4, -0.2) is 22.0 Å². The number of nitrogens with one attached hydrogen (secondary N) is 1. The molecular weight excluding hydrogens is 266 g/mol. The second-order valence-corrected chi connectivity index (χ2v) is 4.69. The Morgan fingerprint density at radius 2 is 2.24 bits per heavy atom. The smallest absolute Gasteiger partial charge is 0.256 e. The second-order valence-electron chi connectivity index (χ2n) is 4.69. The van der Waals surface area contributed by atoms with Crippen molar-refractivity contribution in [3.05, 3.63) is 39.8 Å². The number of nitrogens with zero attached hydrogens (tertiary/aromatic N) is 2. The van der Waals surface area contributed by atoms with Gasteiger partial charge in [0.1, 0.15) is 11.2 Å². The maximum Gasteiger partial charge on any atom is 0.256 e. The van der Waals surface area contributed by atoms with Crippen molar-refractivity contribution in [1.82, 2.24) is 14.9 Å². The summed E-state index contributed by atoms with van der Waals surface area (Å²) in [7, 11) is 0. The monoisotopic (exact) mass is 283 g/mol. The van der Waals surface area contributed by atoms with E-state index in [0.717, 1.165) is 5.69 Å². The SMILES string of the molecule is C#CCCNC(=O)c1cn(CC)c2nc(C)ccc2c1=O. The average molecular weight is 283 g/mol. The number of carbonyl (C=O) groups excluding carboxylic acids is 1. The lowest BCUT2D eigenvalue weighted by molar-refractivity contribution is 0.0953. The van der Waals surface area contributed by atoms with Crippen molar-refractivity contribution in [1.29, 1.82) is 0 Å². The van der Waals surface area contributed by atoms with Crippen LogP contribution < -0.4 is 10.7 Å². The maximum atomic E-state index is 12.4. The average Bonchev–Trinajstić information content (AvgIpc) is 2.47. The fourth-order valence-corrected chi connectivity index (χ4v) is 2.11. The fraction of sp³-hybridized carbons (Fsp3) is 0.312. The molecule has 0 aromatic carbocycles. The van der Waals surface area contributed by atoms with Gasteiger partial charge in [0.05, 0.1) is 5.39 Å². The van der Waals surface area contributed by atoms with Crippen molar-refractivity contribution < 1.29 is 4.79 Å². The van der Waals surface area contributed by atoms with E-state index in [0.29, 0.717) is 30.5 Å². The lowest BCUT2D eigenvalue weighted by atomic mass is 10.1. The molecule has 2 aromatic rings. The Labute approximate surface area is 123 Å². The molecule has 2 rings (SSSR count). The summed E-state index contributed by atoms with van der Waals surface area (Å²) >= 11 is 0. The van der Waals surface area contributed by atoms with Crippen LogP contribution in [0.4, 0.5) is 0 Å². The Morgan fingerprint density at radius 1 is 1.48 bits per heavy atom. The van der Waals surface area contributed by atoms with Gasteiger partial charge in [-0.25, -0.2) is 4.98 Å². The van der Waals surface area contributed by atoms with Gasteiger partial charge >= 0.3 is 0 Å². The highest BCUT2D eigenvalue weighted by Crippen LogP contribution is 2.10. The zero-order valence-corrected chi connectivity index (χ0v) is 12.1. The summed E-state index contributed by atoms with van der Waals surface area (Å²) in [5.74, 6) is 2.04. The minimum Gasteiger partial charge on any atom is -0.351 e. The van der Waals surface area contributed by atoms with Gasteiger partial charge in [0.25, 0.3) is 5.91 Å². The number of hydrogen-bond donors (Lipinski definition) is 1. The lowest BCUT2D eigenvalue weighted by Crippen LogP contribution is -2.30. The van der Waals surface area contributed by atoms with Crippen LogP contribution in [0.25, 0.3) is 11.0 Å². The van der Waals surface area contributed by atoms with Crippen LogP contribution in [-0.2, 0) is 6.54 Å². The number of hydrogen-bond acceptors (Lipinski definition) is 3. The Morgan fingerprint density at radius 3 is 2.90 bits per heavy atom. The van der Waals surface area contributed by atoms with Crippen molar-refractivity contribution in [2.75, 3.05) is 6.54 Å². The van der Waals surface area contributed by atoms with Crippen LogP contribution in [0.1, 0.15) is 29.4 Å². The quantitative estimate of drug-likeness (QED) is 0.683. The molecule has 0 fully saturated rings. The molecule has 0 bridgehead atoms. The fourth-order valence-electron chi connectivity index (χ4n) is 2.11. The van der Waals surface area contributed by atoms with E-state index in [1.807, 2.05) is 13.8 Å². The van der Waals surface area contributed by atoms with E-state index in [4.69, 9.17) is 6.42 Å². The molecule has 0 unspecified atom stereocenters. The van der Waals surface area contributed by atoms with Crippen molar-refractivity contribution in [2.24, 2.45) is 0 Å². The molecule has 5 nitrogen and oxygen atoms in total. The number of amides is 1. The first-order valence-electron chi connectivity index (χ1n) is 6.81. The molecule has 0 saturated carbocycles. The predicted octanol–water partition coefficient (Wildman–Crippen LogP) is 1.48. The molecular formula is C16H17N3O2. The largest absolute Gasteiger partial charge is 0.351 e. The summed E-state index contributed by atoms with van der Waals surface area (Å²) in [5, 5.41) is 3.10. The van der Waals surface area contributed by atoms with Crippen LogP contribution in [0.3, 0.4) is 0 Å². The van der Waals surface area contributed by atoms with E-state index >= 15 is 0 Å². The summed E-state index contributed by atoms with van der Waals surface area (Å²) in [6.45, 7) is 4.78. The number of aryl methyl sites for hydroxylation is 2. The van der Waals surface area contributed by atoms with Gasteiger partial charge in [-0.2, -0.15) is 0 Å². The van der Waals surface area contributed by atoms with Gasteiger partial charge in [-0.15, -0.1) is 12.3 Å². The van der Waals surface area contributed by atoms with Gasteiger partial charge in [-0.05, 0) is 26.0 Å². The van der Waals surface area contributed by atoms with Crippen LogP contribution in [0.15, 0.2) is 23.1 Å². The molecule has 0 aliphatic carbocycles. The van der Waals surface area contributed by atoms with E-state index in [9.17, 15) is 9.59 Å². The number of fused-ring (bicyclic) bond motifs is 1. The van der Waals surface area contributed by atoms with Gasteiger partial charge in [-0.3, -0.25) is 9.59 Å². The minimum absolute atomic E-state index is 0.118. The topological polar surface area (TPSA) is 64.0 Å². The third kappa shape index (κ3) is 2.95. The maximum absolute atomic E-state index is 12.4. The number of terminal acetylenes is 1. The Hall–Kier alpha value is -2.61. The number of carbonyl (C=O) groups is 1. The van der Waals surface area contributed by atoms with Crippen molar-refractivity contribution in [2.45, 2.75) is 26.8 Å². The minimum atomic E-state index is -0.403. The molecule has 108 valence electrons. The highest BCUT2D eigenvalue weighted by atomic mass is 16.2. The van der Waals surface area contributed by atoms with Gasteiger partial charge in [-0.1, -0.05) is 0 Å². The van der Waals surface area contributed by atoms with E-state index in [1.165, 1.54) is 0 Å². The van der Waals surface area contributed by atoms with E-state index in [1.54, 1.807) is 22.9 Å². The molecule has 0 spiro atoms. The van der Waals surface area contributed by atoms with E-state index in [2.05, 4.69) is 16.2 Å². The number of rotatable bonds is 4. The molecule has 0 radical (unpaired) electrons. The summed E-state index contributed by atoms with van der Waals surface area (Å²) < 4.78 is 1.81. The molecule has 1 N–H and O–H groups in total.